The predicted molar refractivity (Wildman–Crippen MR) is 86.8 cm³/mol. The summed E-state index contributed by atoms with van der Waals surface area (Å²) in [6.45, 7) is 7.10. The fraction of sp³-hybridized carbons (Fsp3) is 0.467. The number of carbonyl (C=O) groups is 1. The summed E-state index contributed by atoms with van der Waals surface area (Å²) in [7, 11) is 0. The van der Waals surface area contributed by atoms with Gasteiger partial charge in [0.15, 0.2) is 5.11 Å². The van der Waals surface area contributed by atoms with Crippen LogP contribution in [0.1, 0.15) is 13.8 Å². The van der Waals surface area contributed by atoms with Crippen LogP contribution >= 0.6 is 12.2 Å². The van der Waals surface area contributed by atoms with E-state index in [4.69, 9.17) is 17.0 Å². The van der Waals surface area contributed by atoms with Gasteiger partial charge in [-0.1, -0.05) is 0 Å². The molecule has 0 unspecified atom stereocenters. The second kappa shape index (κ2) is 5.27. The molecule has 2 saturated heterocycles. The van der Waals surface area contributed by atoms with Gasteiger partial charge in [0.25, 0.3) is 5.91 Å². The van der Waals surface area contributed by atoms with E-state index in [1.165, 1.54) is 5.69 Å². The lowest BCUT2D eigenvalue weighted by Crippen LogP contribution is -2.44. The number of hydrogen-bond donors (Lipinski definition) is 1. The zero-order valence-corrected chi connectivity index (χ0v) is 13.1. The summed E-state index contributed by atoms with van der Waals surface area (Å²) in [5, 5.41) is 3.19. The molecular weight excluding hydrogens is 286 g/mol. The number of nitrogens with zero attached hydrogens (tertiary/aromatic N) is 2. The molecule has 0 aliphatic carbocycles. The van der Waals surface area contributed by atoms with Crippen LogP contribution in [-0.2, 0) is 9.53 Å². The number of thiocarbonyl (C=S) groups is 1. The van der Waals surface area contributed by atoms with E-state index in [1.807, 2.05) is 30.9 Å². The Morgan fingerprint density at radius 3 is 2.24 bits per heavy atom. The molecule has 0 saturated carbocycles. The van der Waals surface area contributed by atoms with Crippen LogP contribution in [0, 0.1) is 0 Å². The molecule has 0 radical (unpaired) electrons. The van der Waals surface area contributed by atoms with Gasteiger partial charge in [0.1, 0.15) is 5.54 Å². The van der Waals surface area contributed by atoms with Crippen molar-refractivity contribution in [3.05, 3.63) is 24.3 Å². The van der Waals surface area contributed by atoms with Crippen molar-refractivity contribution in [1.82, 2.24) is 5.32 Å². The van der Waals surface area contributed by atoms with Crippen LogP contribution in [0.15, 0.2) is 24.3 Å². The van der Waals surface area contributed by atoms with Crippen molar-refractivity contribution in [2.45, 2.75) is 19.4 Å². The van der Waals surface area contributed by atoms with Crippen LogP contribution < -0.4 is 15.1 Å². The normalized spacial score (nSPS) is 21.6. The van der Waals surface area contributed by atoms with Crippen molar-refractivity contribution in [1.29, 1.82) is 0 Å². The maximum atomic E-state index is 11.9. The molecule has 1 N–H and O–H groups in total. The Labute approximate surface area is 129 Å². The third kappa shape index (κ3) is 2.49. The summed E-state index contributed by atoms with van der Waals surface area (Å²) in [4.78, 5) is 16.1. The number of ether oxygens (including phenoxy) is 1. The summed E-state index contributed by atoms with van der Waals surface area (Å²) in [6, 6.07) is 8.17. The van der Waals surface area contributed by atoms with E-state index in [0.717, 1.165) is 32.0 Å². The van der Waals surface area contributed by atoms with Gasteiger partial charge in [-0.25, -0.2) is 0 Å². The van der Waals surface area contributed by atoms with Crippen LogP contribution in [0.5, 0.6) is 0 Å². The van der Waals surface area contributed by atoms with Gasteiger partial charge in [-0.2, -0.15) is 0 Å². The highest BCUT2D eigenvalue weighted by molar-refractivity contribution is 7.80. The van der Waals surface area contributed by atoms with Crippen molar-refractivity contribution in [2.24, 2.45) is 0 Å². The minimum Gasteiger partial charge on any atom is -0.378 e. The number of hydrogen-bond acceptors (Lipinski definition) is 4. The highest BCUT2D eigenvalue weighted by Crippen LogP contribution is 2.30. The third-order valence-corrected chi connectivity index (χ3v) is 4.31. The van der Waals surface area contributed by atoms with Crippen LogP contribution in [-0.4, -0.2) is 42.9 Å². The lowest BCUT2D eigenvalue weighted by atomic mass is 10.0. The second-order valence-electron chi connectivity index (χ2n) is 5.77. The number of nitrogens with one attached hydrogen (secondary N) is 1. The van der Waals surface area contributed by atoms with Crippen LogP contribution in [0.4, 0.5) is 11.4 Å². The van der Waals surface area contributed by atoms with Crippen LogP contribution in [0.2, 0.25) is 0 Å². The molecule has 112 valence electrons. The number of amides is 1. The Hall–Kier alpha value is -1.66. The average Bonchev–Trinajstić information content (AvgIpc) is 2.68. The quantitative estimate of drug-likeness (QED) is 0.840. The average molecular weight is 305 g/mol. The molecule has 1 aromatic carbocycles. The number of carbonyl (C=O) groups excluding carboxylic acids is 1. The molecule has 21 heavy (non-hydrogen) atoms. The van der Waals surface area contributed by atoms with Gasteiger partial charge in [0, 0.05) is 24.5 Å². The number of benzene rings is 1. The van der Waals surface area contributed by atoms with Gasteiger partial charge >= 0.3 is 0 Å². The van der Waals surface area contributed by atoms with Crippen LogP contribution in [0.25, 0.3) is 0 Å². The Morgan fingerprint density at radius 2 is 1.71 bits per heavy atom. The van der Waals surface area contributed by atoms with Crippen molar-refractivity contribution in [3.8, 4) is 0 Å². The SMILES string of the molecule is CC1(C)C(=O)NC(=S)N1c1ccc(N2CCOCC2)cc1. The zero-order chi connectivity index (χ0) is 15.0. The van der Waals surface area contributed by atoms with Crippen molar-refractivity contribution in [2.75, 3.05) is 36.1 Å². The van der Waals surface area contributed by atoms with Gasteiger partial charge in [-0.15, -0.1) is 0 Å². The standard InChI is InChI=1S/C15H19N3O2S/c1-15(2)13(19)16-14(21)18(15)12-5-3-11(4-6-12)17-7-9-20-10-8-17/h3-6H,7-10H2,1-2H3,(H,16,19,21). The molecule has 1 amide bonds. The third-order valence-electron chi connectivity index (χ3n) is 4.02. The summed E-state index contributed by atoms with van der Waals surface area (Å²) >= 11 is 5.27. The fourth-order valence-corrected chi connectivity index (χ4v) is 3.16. The van der Waals surface area contributed by atoms with Gasteiger partial charge in [0.05, 0.1) is 13.2 Å². The lowest BCUT2D eigenvalue weighted by Gasteiger charge is -2.31. The van der Waals surface area contributed by atoms with Gasteiger partial charge in [-0.05, 0) is 50.3 Å². The summed E-state index contributed by atoms with van der Waals surface area (Å²) in [5.41, 5.74) is 1.45. The molecule has 1 aromatic rings. The minimum atomic E-state index is -0.655. The van der Waals surface area contributed by atoms with Gasteiger partial charge in [0.2, 0.25) is 0 Å². The molecule has 0 atom stereocenters. The largest absolute Gasteiger partial charge is 0.378 e. The predicted octanol–water partition coefficient (Wildman–Crippen LogP) is 1.52. The Kier molecular flexibility index (Phi) is 3.59. The van der Waals surface area contributed by atoms with E-state index in [9.17, 15) is 4.79 Å². The van der Waals surface area contributed by atoms with E-state index in [1.54, 1.807) is 0 Å². The molecule has 6 heteroatoms. The fourth-order valence-electron chi connectivity index (χ4n) is 2.74. The maximum absolute atomic E-state index is 11.9. The molecular formula is C15H19N3O2S. The molecule has 2 heterocycles. The number of rotatable bonds is 2. The van der Waals surface area contributed by atoms with E-state index in [0.29, 0.717) is 5.11 Å². The lowest BCUT2D eigenvalue weighted by molar-refractivity contribution is -0.122. The first kappa shape index (κ1) is 14.3. The highest BCUT2D eigenvalue weighted by atomic mass is 32.1. The Morgan fingerprint density at radius 1 is 1.14 bits per heavy atom. The smallest absolute Gasteiger partial charge is 0.251 e. The molecule has 2 aliphatic rings. The minimum absolute atomic E-state index is 0.0650. The Balaban J connectivity index is 1.84. The summed E-state index contributed by atoms with van der Waals surface area (Å²) in [5.74, 6) is -0.0650. The van der Waals surface area contributed by atoms with Gasteiger partial charge in [-0.3, -0.25) is 4.79 Å². The highest BCUT2D eigenvalue weighted by Gasteiger charge is 2.44. The topological polar surface area (TPSA) is 44.8 Å². The van der Waals surface area contributed by atoms with Crippen molar-refractivity contribution >= 4 is 34.6 Å². The van der Waals surface area contributed by atoms with Crippen molar-refractivity contribution in [3.63, 3.8) is 0 Å². The molecule has 3 rings (SSSR count). The molecule has 2 aliphatic heterocycles. The first-order valence-electron chi connectivity index (χ1n) is 7.08. The van der Waals surface area contributed by atoms with Crippen LogP contribution in [0.3, 0.4) is 0 Å². The molecule has 5 nitrogen and oxygen atoms in total. The molecule has 2 fully saturated rings. The second-order valence-corrected chi connectivity index (χ2v) is 6.16. The summed E-state index contributed by atoms with van der Waals surface area (Å²) < 4.78 is 5.37. The molecule has 0 spiro atoms. The Bertz CT molecular complexity index is 565. The van der Waals surface area contributed by atoms with E-state index in [-0.39, 0.29) is 5.91 Å². The van der Waals surface area contributed by atoms with E-state index < -0.39 is 5.54 Å². The van der Waals surface area contributed by atoms with Crippen molar-refractivity contribution < 1.29 is 9.53 Å². The maximum Gasteiger partial charge on any atom is 0.251 e. The van der Waals surface area contributed by atoms with E-state index >= 15 is 0 Å². The monoisotopic (exact) mass is 305 g/mol. The summed E-state index contributed by atoms with van der Waals surface area (Å²) in [6.07, 6.45) is 0. The first-order valence-corrected chi connectivity index (χ1v) is 7.49. The van der Waals surface area contributed by atoms with E-state index in [2.05, 4.69) is 22.3 Å². The molecule has 0 bridgehead atoms. The number of morpholine rings is 1. The first-order chi connectivity index (χ1) is 10.00. The molecule has 0 aromatic heterocycles. The van der Waals surface area contributed by atoms with Gasteiger partial charge < -0.3 is 19.9 Å². The number of anilines is 2. The zero-order valence-electron chi connectivity index (χ0n) is 12.3.